The van der Waals surface area contributed by atoms with Gasteiger partial charge in [-0.05, 0) is 12.1 Å². The zero-order valence-electron chi connectivity index (χ0n) is 9.41. The Labute approximate surface area is 106 Å². The molecule has 7 heteroatoms. The predicted molar refractivity (Wildman–Crippen MR) is 66.1 cm³/mol. The molecule has 0 aliphatic carbocycles. The number of H-pyrrole nitrogens is 1. The van der Waals surface area contributed by atoms with Crippen molar-refractivity contribution in [3.05, 3.63) is 50.5 Å². The monoisotopic (exact) mass is 263 g/mol. The van der Waals surface area contributed by atoms with E-state index in [2.05, 4.69) is 10.1 Å². The molecule has 2 aromatic rings. The minimum absolute atomic E-state index is 0.374. The normalized spacial score (nSPS) is 10.3. The molecule has 0 unspecified atom stereocenters. The lowest BCUT2D eigenvalue weighted by Crippen LogP contribution is -2.33. The molecule has 2 rings (SSSR count). The van der Waals surface area contributed by atoms with Crippen molar-refractivity contribution in [1.29, 1.82) is 0 Å². The maximum Gasteiger partial charge on any atom is 0.339 e. The molecule has 0 saturated heterocycles. The van der Waals surface area contributed by atoms with E-state index in [4.69, 9.17) is 0 Å². The van der Waals surface area contributed by atoms with Gasteiger partial charge in [-0.2, -0.15) is 4.98 Å². The van der Waals surface area contributed by atoms with Gasteiger partial charge in [0.05, 0.1) is 0 Å². The Morgan fingerprint density at radius 3 is 2.56 bits per heavy atom. The third-order valence-corrected chi connectivity index (χ3v) is 3.23. The van der Waals surface area contributed by atoms with Gasteiger partial charge in [-0.1, -0.05) is 23.9 Å². The maximum absolute atomic E-state index is 11.2. The summed E-state index contributed by atoms with van der Waals surface area (Å²) in [6.07, 6.45) is 0.752. The zero-order valence-corrected chi connectivity index (χ0v) is 10.2. The smallest absolute Gasteiger partial charge is 0.298 e. The summed E-state index contributed by atoms with van der Waals surface area (Å²) in [5.41, 5.74) is -0.999. The first-order valence-electron chi connectivity index (χ1n) is 5.00. The highest BCUT2D eigenvalue weighted by Gasteiger charge is 2.05. The SMILES string of the molecule is Cn1[nH]c(=O)c(=O)nc1Sc1ccc(C=O)cc1. The number of nitrogens with one attached hydrogen (secondary N) is 1. The summed E-state index contributed by atoms with van der Waals surface area (Å²) in [5, 5.41) is 2.73. The van der Waals surface area contributed by atoms with Crippen LogP contribution in [0.5, 0.6) is 0 Å². The fourth-order valence-electron chi connectivity index (χ4n) is 1.27. The second-order valence-electron chi connectivity index (χ2n) is 3.49. The van der Waals surface area contributed by atoms with Crippen molar-refractivity contribution in [3.8, 4) is 0 Å². The summed E-state index contributed by atoms with van der Waals surface area (Å²) >= 11 is 1.22. The zero-order chi connectivity index (χ0) is 13.1. The molecule has 1 heterocycles. The van der Waals surface area contributed by atoms with Gasteiger partial charge in [-0.15, -0.1) is 0 Å². The van der Waals surface area contributed by atoms with Gasteiger partial charge in [0, 0.05) is 17.5 Å². The van der Waals surface area contributed by atoms with E-state index in [0.29, 0.717) is 10.7 Å². The van der Waals surface area contributed by atoms with Gasteiger partial charge in [0.15, 0.2) is 5.16 Å². The van der Waals surface area contributed by atoms with Gasteiger partial charge < -0.3 is 0 Å². The highest BCUT2D eigenvalue weighted by Crippen LogP contribution is 2.23. The molecule has 92 valence electrons. The van der Waals surface area contributed by atoms with E-state index < -0.39 is 11.1 Å². The molecule has 1 aromatic carbocycles. The van der Waals surface area contributed by atoms with Gasteiger partial charge in [0.1, 0.15) is 6.29 Å². The summed E-state index contributed by atoms with van der Waals surface area (Å²) in [6, 6.07) is 6.82. The second kappa shape index (κ2) is 5.01. The van der Waals surface area contributed by atoms with E-state index in [-0.39, 0.29) is 0 Å². The van der Waals surface area contributed by atoms with Crippen molar-refractivity contribution in [2.45, 2.75) is 10.1 Å². The van der Waals surface area contributed by atoms with Crippen LogP contribution in [0.1, 0.15) is 10.4 Å². The van der Waals surface area contributed by atoms with E-state index in [1.54, 1.807) is 31.3 Å². The Kier molecular flexibility index (Phi) is 3.42. The third-order valence-electron chi connectivity index (χ3n) is 2.17. The van der Waals surface area contributed by atoms with Crippen LogP contribution in [0.2, 0.25) is 0 Å². The van der Waals surface area contributed by atoms with E-state index in [0.717, 1.165) is 11.2 Å². The fourth-order valence-corrected chi connectivity index (χ4v) is 2.07. The molecule has 0 radical (unpaired) electrons. The third kappa shape index (κ3) is 2.57. The number of aldehydes is 1. The van der Waals surface area contributed by atoms with Gasteiger partial charge in [0.25, 0.3) is 0 Å². The molecule has 0 spiro atoms. The predicted octanol–water partition coefficient (Wildman–Crippen LogP) is 0.432. The number of aromatic nitrogens is 3. The van der Waals surface area contributed by atoms with Gasteiger partial charge in [0.2, 0.25) is 0 Å². The summed E-state index contributed by atoms with van der Waals surface area (Å²) in [7, 11) is 1.59. The van der Waals surface area contributed by atoms with Gasteiger partial charge >= 0.3 is 11.1 Å². The molecule has 0 fully saturated rings. The number of carbonyl (C=O) groups is 1. The van der Waals surface area contributed by atoms with E-state index in [9.17, 15) is 14.4 Å². The van der Waals surface area contributed by atoms with Crippen LogP contribution in [0, 0.1) is 0 Å². The Balaban J connectivity index is 2.33. The number of carbonyl (C=O) groups excluding carboxylic acids is 1. The van der Waals surface area contributed by atoms with Crippen LogP contribution >= 0.6 is 11.8 Å². The number of hydrogen-bond donors (Lipinski definition) is 1. The molecule has 0 saturated carbocycles. The fraction of sp³-hybridized carbons (Fsp3) is 0.0909. The Hall–Kier alpha value is -2.15. The minimum Gasteiger partial charge on any atom is -0.298 e. The number of rotatable bonds is 3. The Bertz CT molecular complexity index is 688. The average Bonchev–Trinajstić information content (AvgIpc) is 2.37. The molecular formula is C11H9N3O3S. The number of aryl methyl sites for hydroxylation is 1. The second-order valence-corrected chi connectivity index (χ2v) is 4.53. The van der Waals surface area contributed by atoms with E-state index in [1.165, 1.54) is 16.4 Å². The Morgan fingerprint density at radius 2 is 1.94 bits per heavy atom. The molecular weight excluding hydrogens is 254 g/mol. The number of aromatic amines is 1. The molecule has 1 N–H and O–H groups in total. The molecule has 0 atom stereocenters. The van der Waals surface area contributed by atoms with Crippen LogP contribution in [-0.4, -0.2) is 21.1 Å². The molecule has 0 amide bonds. The summed E-state index contributed by atoms with van der Waals surface area (Å²) in [6.45, 7) is 0. The first-order chi connectivity index (χ1) is 8.60. The van der Waals surface area contributed by atoms with Crippen molar-refractivity contribution in [2.75, 3.05) is 0 Å². The number of hydrogen-bond acceptors (Lipinski definition) is 5. The number of nitrogens with zero attached hydrogens (tertiary/aromatic N) is 2. The quantitative estimate of drug-likeness (QED) is 0.641. The highest BCUT2D eigenvalue weighted by molar-refractivity contribution is 7.99. The van der Waals surface area contributed by atoms with Crippen LogP contribution in [0.15, 0.2) is 43.9 Å². The number of benzene rings is 1. The molecule has 0 bridgehead atoms. The van der Waals surface area contributed by atoms with Gasteiger partial charge in [-0.25, -0.2) is 0 Å². The molecule has 1 aromatic heterocycles. The molecule has 0 aliphatic rings. The molecule has 0 aliphatic heterocycles. The largest absolute Gasteiger partial charge is 0.339 e. The van der Waals surface area contributed by atoms with Crippen LogP contribution in [0.4, 0.5) is 0 Å². The van der Waals surface area contributed by atoms with Crippen LogP contribution in [0.25, 0.3) is 0 Å². The average molecular weight is 263 g/mol. The topological polar surface area (TPSA) is 84.8 Å². The highest BCUT2D eigenvalue weighted by atomic mass is 32.2. The van der Waals surface area contributed by atoms with Gasteiger partial charge in [-0.3, -0.25) is 24.2 Å². The summed E-state index contributed by atoms with van der Waals surface area (Å²) < 4.78 is 1.38. The minimum atomic E-state index is -0.819. The summed E-state index contributed by atoms with van der Waals surface area (Å²) in [4.78, 5) is 37.2. The van der Waals surface area contributed by atoms with Crippen LogP contribution in [0.3, 0.4) is 0 Å². The standard InChI is InChI=1S/C11H9N3O3S/c1-14-11(12-9(16)10(17)13-14)18-8-4-2-7(6-15)3-5-8/h2-6H,1H3,(H,13,17). The Morgan fingerprint density at radius 1 is 1.28 bits per heavy atom. The van der Waals surface area contributed by atoms with Crippen LogP contribution < -0.4 is 11.1 Å². The molecule has 6 nitrogen and oxygen atoms in total. The first kappa shape index (κ1) is 12.3. The van der Waals surface area contributed by atoms with Crippen molar-refractivity contribution in [3.63, 3.8) is 0 Å². The lowest BCUT2D eigenvalue weighted by molar-refractivity contribution is 0.112. The summed E-state index contributed by atoms with van der Waals surface area (Å²) in [5.74, 6) is 0. The maximum atomic E-state index is 11.2. The lowest BCUT2D eigenvalue weighted by atomic mass is 10.2. The van der Waals surface area contributed by atoms with Crippen molar-refractivity contribution < 1.29 is 4.79 Å². The van der Waals surface area contributed by atoms with Crippen LogP contribution in [-0.2, 0) is 7.05 Å². The molecule has 18 heavy (non-hydrogen) atoms. The van der Waals surface area contributed by atoms with E-state index >= 15 is 0 Å². The first-order valence-corrected chi connectivity index (χ1v) is 5.82. The van der Waals surface area contributed by atoms with Crippen molar-refractivity contribution in [1.82, 2.24) is 14.8 Å². The lowest BCUT2D eigenvalue weighted by Gasteiger charge is -2.05. The van der Waals surface area contributed by atoms with Crippen molar-refractivity contribution in [2.24, 2.45) is 7.05 Å². The van der Waals surface area contributed by atoms with E-state index in [1.807, 2.05) is 0 Å². The van der Waals surface area contributed by atoms with Crippen molar-refractivity contribution >= 4 is 18.0 Å².